The second-order valence-corrected chi connectivity index (χ2v) is 6.80. The van der Waals surface area contributed by atoms with Crippen LogP contribution in [0.4, 0.5) is 0 Å². The Hall–Kier alpha value is -1.66. The first kappa shape index (κ1) is 13.8. The van der Waals surface area contributed by atoms with E-state index < -0.39 is 15.8 Å². The van der Waals surface area contributed by atoms with E-state index in [9.17, 15) is 13.2 Å². The van der Waals surface area contributed by atoms with Crippen LogP contribution in [0, 0.1) is 0 Å². The van der Waals surface area contributed by atoms with Crippen molar-refractivity contribution in [2.75, 3.05) is 6.26 Å². The highest BCUT2D eigenvalue weighted by Crippen LogP contribution is 2.14. The average molecular weight is 296 g/mol. The van der Waals surface area contributed by atoms with Gasteiger partial charge in [0.1, 0.15) is 6.61 Å². The molecule has 2 rings (SSSR count). The monoisotopic (exact) mass is 296 g/mol. The number of carbonyl (C=O) groups is 1. The van der Waals surface area contributed by atoms with Crippen molar-refractivity contribution in [1.29, 1.82) is 0 Å². The van der Waals surface area contributed by atoms with Gasteiger partial charge in [-0.25, -0.2) is 13.2 Å². The molecule has 0 bridgehead atoms. The Morgan fingerprint density at radius 2 is 2.11 bits per heavy atom. The van der Waals surface area contributed by atoms with Gasteiger partial charge in [0.2, 0.25) is 0 Å². The van der Waals surface area contributed by atoms with Crippen molar-refractivity contribution in [2.24, 2.45) is 0 Å². The van der Waals surface area contributed by atoms with Crippen molar-refractivity contribution in [2.45, 2.75) is 11.5 Å². The van der Waals surface area contributed by atoms with Gasteiger partial charge in [-0.15, -0.1) is 0 Å². The van der Waals surface area contributed by atoms with Crippen molar-refractivity contribution in [3.05, 3.63) is 52.2 Å². The van der Waals surface area contributed by atoms with E-state index in [1.54, 1.807) is 0 Å². The molecule has 1 heterocycles. The predicted molar refractivity (Wildman–Crippen MR) is 73.0 cm³/mol. The molecule has 4 nitrogen and oxygen atoms in total. The quantitative estimate of drug-likeness (QED) is 0.813. The lowest BCUT2D eigenvalue weighted by Crippen LogP contribution is -2.06. The van der Waals surface area contributed by atoms with E-state index in [2.05, 4.69) is 0 Å². The van der Waals surface area contributed by atoms with Gasteiger partial charge in [-0.2, -0.15) is 11.3 Å². The fraction of sp³-hybridized carbons (Fsp3) is 0.154. The summed E-state index contributed by atoms with van der Waals surface area (Å²) in [6.45, 7) is 0.186. The zero-order chi connectivity index (χ0) is 13.9. The summed E-state index contributed by atoms with van der Waals surface area (Å²) in [6.07, 6.45) is 1.10. The molecule has 0 radical (unpaired) electrons. The Morgan fingerprint density at radius 3 is 2.74 bits per heavy atom. The zero-order valence-electron chi connectivity index (χ0n) is 10.2. The molecule has 0 atom stereocenters. The molecular weight excluding hydrogens is 284 g/mol. The normalized spacial score (nSPS) is 11.2. The molecule has 1 aromatic heterocycles. The van der Waals surface area contributed by atoms with Crippen LogP contribution >= 0.6 is 11.3 Å². The summed E-state index contributed by atoms with van der Waals surface area (Å²) in [5, 5.41) is 3.79. The molecular formula is C13H12O4S2. The number of rotatable bonds is 4. The molecule has 0 fully saturated rings. The van der Waals surface area contributed by atoms with E-state index >= 15 is 0 Å². The molecule has 100 valence electrons. The molecule has 0 saturated heterocycles. The minimum absolute atomic E-state index is 0.109. The zero-order valence-corrected chi connectivity index (χ0v) is 11.8. The van der Waals surface area contributed by atoms with Crippen molar-refractivity contribution < 1.29 is 17.9 Å². The first-order chi connectivity index (χ1) is 8.97. The largest absolute Gasteiger partial charge is 0.457 e. The minimum atomic E-state index is -3.32. The number of thiophene rings is 1. The fourth-order valence-corrected chi connectivity index (χ4v) is 2.78. The van der Waals surface area contributed by atoms with E-state index in [-0.39, 0.29) is 17.1 Å². The molecule has 0 aliphatic rings. The number of esters is 1. The topological polar surface area (TPSA) is 60.4 Å². The van der Waals surface area contributed by atoms with Gasteiger partial charge < -0.3 is 4.74 Å². The summed E-state index contributed by atoms with van der Waals surface area (Å²) in [6, 6.07) is 7.70. The Balaban J connectivity index is 2.11. The predicted octanol–water partition coefficient (Wildman–Crippen LogP) is 2.51. The Kier molecular flexibility index (Phi) is 4.01. The van der Waals surface area contributed by atoms with E-state index in [0.29, 0.717) is 0 Å². The van der Waals surface area contributed by atoms with Crippen molar-refractivity contribution in [1.82, 2.24) is 0 Å². The Labute approximate surface area is 115 Å². The number of benzene rings is 1. The molecule has 0 aliphatic carbocycles. The average Bonchev–Trinajstić information content (AvgIpc) is 2.88. The first-order valence-corrected chi connectivity index (χ1v) is 8.28. The standard InChI is InChI=1S/C13H12O4S2/c1-19(15,16)12-4-2-3-11(7-12)13(14)17-8-10-5-6-18-9-10/h2-7,9H,8H2,1H3. The lowest BCUT2D eigenvalue weighted by atomic mass is 10.2. The maximum Gasteiger partial charge on any atom is 0.338 e. The molecule has 0 aliphatic heterocycles. The third kappa shape index (κ3) is 3.65. The number of carbonyl (C=O) groups excluding carboxylic acids is 1. The molecule has 19 heavy (non-hydrogen) atoms. The molecule has 1 aromatic carbocycles. The van der Waals surface area contributed by atoms with Gasteiger partial charge in [-0.05, 0) is 35.0 Å². The second kappa shape index (κ2) is 5.54. The maximum atomic E-state index is 11.8. The third-order valence-electron chi connectivity index (χ3n) is 2.45. The van der Waals surface area contributed by atoms with Crippen molar-refractivity contribution in [3.8, 4) is 0 Å². The van der Waals surface area contributed by atoms with Crippen molar-refractivity contribution in [3.63, 3.8) is 0 Å². The highest BCUT2D eigenvalue weighted by Gasteiger charge is 2.12. The van der Waals surface area contributed by atoms with Gasteiger partial charge in [-0.3, -0.25) is 0 Å². The summed E-state index contributed by atoms with van der Waals surface area (Å²) in [7, 11) is -3.32. The number of hydrogen-bond acceptors (Lipinski definition) is 5. The van der Waals surface area contributed by atoms with Gasteiger partial charge in [0, 0.05) is 11.8 Å². The maximum absolute atomic E-state index is 11.8. The van der Waals surface area contributed by atoms with E-state index in [1.165, 1.54) is 35.6 Å². The van der Waals surface area contributed by atoms with E-state index in [1.807, 2.05) is 16.8 Å². The van der Waals surface area contributed by atoms with Crippen LogP contribution in [0.15, 0.2) is 46.0 Å². The molecule has 0 spiro atoms. The highest BCUT2D eigenvalue weighted by molar-refractivity contribution is 7.90. The minimum Gasteiger partial charge on any atom is -0.457 e. The van der Waals surface area contributed by atoms with Crippen molar-refractivity contribution >= 4 is 27.1 Å². The molecule has 0 amide bonds. The smallest absolute Gasteiger partial charge is 0.338 e. The summed E-state index contributed by atoms with van der Waals surface area (Å²) in [4.78, 5) is 11.9. The Morgan fingerprint density at radius 1 is 1.32 bits per heavy atom. The number of hydrogen-bond donors (Lipinski definition) is 0. The van der Waals surface area contributed by atoms with Gasteiger partial charge in [0.05, 0.1) is 10.5 Å². The fourth-order valence-electron chi connectivity index (χ4n) is 1.46. The molecule has 0 saturated carbocycles. The summed E-state index contributed by atoms with van der Waals surface area (Å²) in [5.74, 6) is -0.531. The molecule has 6 heteroatoms. The van der Waals surface area contributed by atoms with Crippen LogP contribution in [0.3, 0.4) is 0 Å². The van der Waals surface area contributed by atoms with Crippen LogP contribution in [0.1, 0.15) is 15.9 Å². The van der Waals surface area contributed by atoms with E-state index in [0.717, 1.165) is 11.8 Å². The number of ether oxygens (including phenoxy) is 1. The summed E-state index contributed by atoms with van der Waals surface area (Å²) >= 11 is 1.52. The summed E-state index contributed by atoms with van der Waals surface area (Å²) < 4.78 is 27.9. The van der Waals surface area contributed by atoms with Crippen LogP contribution in [0.2, 0.25) is 0 Å². The van der Waals surface area contributed by atoms with Crippen LogP contribution in [-0.4, -0.2) is 20.6 Å². The van der Waals surface area contributed by atoms with Crippen LogP contribution in [-0.2, 0) is 21.2 Å². The van der Waals surface area contributed by atoms with Gasteiger partial charge >= 0.3 is 5.97 Å². The van der Waals surface area contributed by atoms with Crippen LogP contribution in [0.5, 0.6) is 0 Å². The molecule has 0 unspecified atom stereocenters. The molecule has 0 N–H and O–H groups in total. The summed E-state index contributed by atoms with van der Waals surface area (Å²) in [5.41, 5.74) is 1.15. The van der Waals surface area contributed by atoms with Gasteiger partial charge in [-0.1, -0.05) is 6.07 Å². The van der Waals surface area contributed by atoms with E-state index in [4.69, 9.17) is 4.74 Å². The SMILES string of the molecule is CS(=O)(=O)c1cccc(C(=O)OCc2ccsc2)c1. The number of sulfone groups is 1. The lowest BCUT2D eigenvalue weighted by Gasteiger charge is -2.05. The highest BCUT2D eigenvalue weighted by atomic mass is 32.2. The Bertz CT molecular complexity index is 672. The first-order valence-electron chi connectivity index (χ1n) is 5.45. The molecule has 2 aromatic rings. The second-order valence-electron chi connectivity index (χ2n) is 4.01. The van der Waals surface area contributed by atoms with Crippen LogP contribution in [0.25, 0.3) is 0 Å². The van der Waals surface area contributed by atoms with Gasteiger partial charge in [0.15, 0.2) is 9.84 Å². The van der Waals surface area contributed by atoms with Gasteiger partial charge in [0.25, 0.3) is 0 Å². The third-order valence-corrected chi connectivity index (χ3v) is 4.29. The van der Waals surface area contributed by atoms with Crippen LogP contribution < -0.4 is 0 Å². The lowest BCUT2D eigenvalue weighted by molar-refractivity contribution is 0.0473.